The van der Waals surface area contributed by atoms with Crippen molar-refractivity contribution in [2.75, 3.05) is 5.32 Å². The summed E-state index contributed by atoms with van der Waals surface area (Å²) < 4.78 is 0. The fourth-order valence-corrected chi connectivity index (χ4v) is 2.17. The predicted molar refractivity (Wildman–Crippen MR) is 83.9 cm³/mol. The van der Waals surface area contributed by atoms with Gasteiger partial charge in [0, 0.05) is 22.3 Å². The van der Waals surface area contributed by atoms with Crippen LogP contribution in [0.3, 0.4) is 0 Å². The van der Waals surface area contributed by atoms with Gasteiger partial charge < -0.3 is 5.32 Å². The maximum absolute atomic E-state index is 12.3. The molecule has 0 saturated carbocycles. The van der Waals surface area contributed by atoms with Gasteiger partial charge in [0.15, 0.2) is 0 Å². The second-order valence-electron chi connectivity index (χ2n) is 4.62. The molecule has 0 aliphatic heterocycles. The summed E-state index contributed by atoms with van der Waals surface area (Å²) in [5.74, 6) is -0.698. The number of carbonyl (C=O) groups excluding carboxylic acids is 1. The van der Waals surface area contributed by atoms with E-state index < -0.39 is 27.1 Å². The van der Waals surface area contributed by atoms with E-state index in [1.54, 1.807) is 18.2 Å². The summed E-state index contributed by atoms with van der Waals surface area (Å²) >= 11 is 5.81. The Bertz CT molecular complexity index is 822. The van der Waals surface area contributed by atoms with Crippen LogP contribution in [0.5, 0.6) is 0 Å². The minimum Gasteiger partial charge on any atom is -0.322 e. The molecule has 0 heterocycles. The third-order valence-electron chi connectivity index (χ3n) is 3.10. The van der Waals surface area contributed by atoms with Crippen molar-refractivity contribution < 1.29 is 14.6 Å². The van der Waals surface area contributed by atoms with Gasteiger partial charge in [0.05, 0.1) is 21.5 Å². The second-order valence-corrected chi connectivity index (χ2v) is 5.05. The predicted octanol–water partition coefficient (Wildman–Crippen LogP) is 3.72. The number of hydrogen-bond acceptors (Lipinski definition) is 5. The second kappa shape index (κ2) is 6.41. The van der Waals surface area contributed by atoms with E-state index >= 15 is 0 Å². The number of carbonyl (C=O) groups is 1. The van der Waals surface area contributed by atoms with Gasteiger partial charge in [-0.25, -0.2) is 0 Å². The lowest BCUT2D eigenvalue weighted by Gasteiger charge is -2.08. The van der Waals surface area contributed by atoms with Crippen LogP contribution in [0.25, 0.3) is 0 Å². The number of anilines is 1. The number of nitrogens with one attached hydrogen (secondary N) is 1. The molecule has 8 nitrogen and oxygen atoms in total. The van der Waals surface area contributed by atoms with Crippen molar-refractivity contribution in [3.8, 4) is 0 Å². The molecule has 0 unspecified atom stereocenters. The summed E-state index contributed by atoms with van der Waals surface area (Å²) in [6.45, 7) is 1.36. The molecule has 2 aromatic rings. The Morgan fingerprint density at radius 1 is 1.13 bits per heavy atom. The van der Waals surface area contributed by atoms with E-state index in [9.17, 15) is 25.0 Å². The molecule has 0 aliphatic carbocycles. The van der Waals surface area contributed by atoms with Crippen LogP contribution in [0.15, 0.2) is 36.4 Å². The molecule has 2 aromatic carbocycles. The average Bonchev–Trinajstić information content (AvgIpc) is 2.46. The maximum atomic E-state index is 12.3. The van der Waals surface area contributed by atoms with Crippen molar-refractivity contribution >= 4 is 34.6 Å². The number of non-ortho nitro benzene ring substituents is 1. The molecule has 23 heavy (non-hydrogen) atoms. The van der Waals surface area contributed by atoms with E-state index in [0.29, 0.717) is 10.7 Å². The van der Waals surface area contributed by atoms with Gasteiger partial charge in [-0.2, -0.15) is 0 Å². The van der Waals surface area contributed by atoms with E-state index in [1.165, 1.54) is 13.0 Å². The van der Waals surface area contributed by atoms with Gasteiger partial charge in [-0.3, -0.25) is 25.0 Å². The third-order valence-corrected chi connectivity index (χ3v) is 3.33. The van der Waals surface area contributed by atoms with Crippen molar-refractivity contribution in [2.24, 2.45) is 0 Å². The van der Waals surface area contributed by atoms with E-state index in [-0.39, 0.29) is 11.1 Å². The molecule has 0 spiro atoms. The lowest BCUT2D eigenvalue weighted by Crippen LogP contribution is -2.14. The fraction of sp³-hybridized carbons (Fsp3) is 0.0714. The Morgan fingerprint density at radius 3 is 2.39 bits per heavy atom. The Morgan fingerprint density at radius 2 is 1.83 bits per heavy atom. The lowest BCUT2D eigenvalue weighted by atomic mass is 10.0. The highest BCUT2D eigenvalue weighted by atomic mass is 35.5. The number of nitro groups is 2. The molecule has 0 radical (unpaired) electrons. The van der Waals surface area contributed by atoms with E-state index in [1.807, 2.05) is 0 Å². The monoisotopic (exact) mass is 335 g/mol. The molecule has 1 amide bonds. The topological polar surface area (TPSA) is 115 Å². The van der Waals surface area contributed by atoms with Gasteiger partial charge in [0.1, 0.15) is 0 Å². The Kier molecular flexibility index (Phi) is 4.56. The van der Waals surface area contributed by atoms with Crippen LogP contribution in [-0.4, -0.2) is 15.8 Å². The highest BCUT2D eigenvalue weighted by Crippen LogP contribution is 2.28. The summed E-state index contributed by atoms with van der Waals surface area (Å²) in [5, 5.41) is 24.8. The number of halogens is 1. The number of nitrogens with zero attached hydrogens (tertiary/aromatic N) is 2. The molecule has 2 rings (SSSR count). The molecule has 9 heteroatoms. The largest absolute Gasteiger partial charge is 0.322 e. The average molecular weight is 336 g/mol. The van der Waals surface area contributed by atoms with Crippen molar-refractivity contribution in [2.45, 2.75) is 6.92 Å². The van der Waals surface area contributed by atoms with Crippen LogP contribution in [0.1, 0.15) is 15.9 Å². The van der Waals surface area contributed by atoms with Crippen molar-refractivity contribution in [1.82, 2.24) is 0 Å². The zero-order valence-electron chi connectivity index (χ0n) is 11.8. The van der Waals surface area contributed by atoms with Crippen molar-refractivity contribution in [3.05, 3.63) is 72.8 Å². The zero-order chi connectivity index (χ0) is 17.1. The number of hydrogen-bond donors (Lipinski definition) is 1. The molecule has 0 bridgehead atoms. The first-order valence-corrected chi connectivity index (χ1v) is 6.67. The molecule has 0 saturated heterocycles. The quantitative estimate of drug-likeness (QED) is 0.675. The summed E-state index contributed by atoms with van der Waals surface area (Å²) in [5.41, 5.74) is -0.754. The first kappa shape index (κ1) is 16.4. The smallest absolute Gasteiger partial charge is 0.279 e. The van der Waals surface area contributed by atoms with E-state index in [4.69, 9.17) is 11.6 Å². The number of rotatable bonds is 4. The van der Waals surface area contributed by atoms with Gasteiger partial charge in [0.2, 0.25) is 0 Å². The number of amides is 1. The van der Waals surface area contributed by atoms with E-state index in [0.717, 1.165) is 12.1 Å². The van der Waals surface area contributed by atoms with Crippen LogP contribution < -0.4 is 5.32 Å². The summed E-state index contributed by atoms with van der Waals surface area (Å²) in [7, 11) is 0. The molecule has 118 valence electrons. The van der Waals surface area contributed by atoms with Crippen molar-refractivity contribution in [1.29, 1.82) is 0 Å². The normalized spacial score (nSPS) is 10.2. The number of nitro benzene ring substituents is 2. The molecule has 0 fully saturated rings. The van der Waals surface area contributed by atoms with Gasteiger partial charge in [-0.1, -0.05) is 17.7 Å². The highest BCUT2D eigenvalue weighted by molar-refractivity contribution is 6.31. The first-order valence-electron chi connectivity index (χ1n) is 6.30. The third kappa shape index (κ3) is 3.61. The minimum absolute atomic E-state index is 0.0418. The molecule has 0 aliphatic rings. The SMILES string of the molecule is Cc1c(C(=O)Nc2cccc(Cl)c2)cc([N+](=O)[O-])cc1[N+](=O)[O-]. The maximum Gasteiger partial charge on any atom is 0.279 e. The van der Waals surface area contributed by atoms with Gasteiger partial charge in [0.25, 0.3) is 17.3 Å². The Hall–Kier alpha value is -3.00. The highest BCUT2D eigenvalue weighted by Gasteiger charge is 2.24. The van der Waals surface area contributed by atoms with Crippen LogP contribution in [0, 0.1) is 27.2 Å². The molecular weight excluding hydrogens is 326 g/mol. The van der Waals surface area contributed by atoms with Crippen LogP contribution in [-0.2, 0) is 0 Å². The Labute approximate surface area is 135 Å². The number of benzene rings is 2. The summed E-state index contributed by atoms with van der Waals surface area (Å²) in [6, 6.07) is 8.11. The van der Waals surface area contributed by atoms with Crippen LogP contribution >= 0.6 is 11.6 Å². The van der Waals surface area contributed by atoms with Gasteiger partial charge >= 0.3 is 0 Å². The summed E-state index contributed by atoms with van der Waals surface area (Å²) in [6.07, 6.45) is 0. The molecule has 1 N–H and O–H groups in total. The van der Waals surface area contributed by atoms with Crippen LogP contribution in [0.4, 0.5) is 17.1 Å². The fourth-order valence-electron chi connectivity index (χ4n) is 1.98. The minimum atomic E-state index is -0.789. The standard InChI is InChI=1S/C14H10ClN3O5/c1-8-12(6-11(17(20)21)7-13(8)18(22)23)14(19)16-10-4-2-3-9(15)5-10/h2-7H,1H3,(H,16,19). The molecular formula is C14H10ClN3O5. The van der Waals surface area contributed by atoms with Crippen molar-refractivity contribution in [3.63, 3.8) is 0 Å². The molecule has 0 aromatic heterocycles. The van der Waals surface area contributed by atoms with Crippen LogP contribution in [0.2, 0.25) is 5.02 Å². The van der Waals surface area contributed by atoms with Gasteiger partial charge in [-0.15, -0.1) is 0 Å². The van der Waals surface area contributed by atoms with Gasteiger partial charge in [-0.05, 0) is 25.1 Å². The lowest BCUT2D eigenvalue weighted by molar-refractivity contribution is -0.394. The van der Waals surface area contributed by atoms with E-state index in [2.05, 4.69) is 5.32 Å². The summed E-state index contributed by atoms with van der Waals surface area (Å²) in [4.78, 5) is 32.6. The first-order chi connectivity index (χ1) is 10.8. The Balaban J connectivity index is 2.46. The molecule has 0 atom stereocenters. The zero-order valence-corrected chi connectivity index (χ0v) is 12.5.